The number of benzene rings is 1. The van der Waals surface area contributed by atoms with E-state index in [0.29, 0.717) is 12.0 Å². The zero-order valence-corrected chi connectivity index (χ0v) is 10.3. The Morgan fingerprint density at radius 1 is 1.20 bits per heavy atom. The lowest BCUT2D eigenvalue weighted by Crippen LogP contribution is -2.21. The summed E-state index contributed by atoms with van der Waals surface area (Å²) in [4.78, 5) is 0. The van der Waals surface area contributed by atoms with Crippen LogP contribution in [0.4, 0.5) is 5.69 Å². The van der Waals surface area contributed by atoms with Crippen LogP contribution in [-0.4, -0.2) is 13.2 Å². The van der Waals surface area contributed by atoms with Crippen LogP contribution in [0.25, 0.3) is 0 Å². The van der Waals surface area contributed by atoms with Gasteiger partial charge in [0.1, 0.15) is 5.75 Å². The molecule has 0 bridgehead atoms. The second-order valence-electron chi connectivity index (χ2n) is 4.36. The van der Waals surface area contributed by atoms with Gasteiger partial charge in [0.05, 0.1) is 7.11 Å². The summed E-state index contributed by atoms with van der Waals surface area (Å²) >= 11 is 0. The van der Waals surface area contributed by atoms with E-state index in [0.717, 1.165) is 5.75 Å². The first-order valence-electron chi connectivity index (χ1n) is 5.45. The molecular weight excluding hydrogens is 186 g/mol. The molecule has 0 heterocycles. The molecule has 0 aliphatic rings. The fourth-order valence-corrected chi connectivity index (χ4v) is 1.34. The van der Waals surface area contributed by atoms with Crippen LogP contribution >= 0.6 is 0 Å². The van der Waals surface area contributed by atoms with Crippen LogP contribution in [0.2, 0.25) is 0 Å². The molecule has 2 nitrogen and oxygen atoms in total. The van der Waals surface area contributed by atoms with Crippen molar-refractivity contribution >= 4 is 5.69 Å². The lowest BCUT2D eigenvalue weighted by atomic mass is 10.1. The van der Waals surface area contributed by atoms with E-state index in [1.807, 2.05) is 6.07 Å². The van der Waals surface area contributed by atoms with Crippen LogP contribution in [0.1, 0.15) is 26.3 Å². The minimum absolute atomic E-state index is 0.483. The van der Waals surface area contributed by atoms with E-state index in [-0.39, 0.29) is 0 Å². The Kier molecular flexibility index (Phi) is 4.01. The second-order valence-corrected chi connectivity index (χ2v) is 4.36. The first kappa shape index (κ1) is 11.9. The first-order chi connectivity index (χ1) is 7.04. The third-order valence-corrected chi connectivity index (χ3v) is 2.82. The summed E-state index contributed by atoms with van der Waals surface area (Å²) in [6.45, 7) is 8.74. The Balaban J connectivity index is 2.78. The SMILES string of the molecule is COc1ccc(N[C@H](C)C(C)C)c(C)c1. The quantitative estimate of drug-likeness (QED) is 0.816. The van der Waals surface area contributed by atoms with Crippen molar-refractivity contribution in [2.75, 3.05) is 12.4 Å². The summed E-state index contributed by atoms with van der Waals surface area (Å²) in [5.74, 6) is 1.54. The summed E-state index contributed by atoms with van der Waals surface area (Å²) < 4.78 is 5.17. The van der Waals surface area contributed by atoms with E-state index < -0.39 is 0 Å². The molecule has 2 heteroatoms. The average molecular weight is 207 g/mol. The smallest absolute Gasteiger partial charge is 0.119 e. The average Bonchev–Trinajstić information content (AvgIpc) is 2.20. The third kappa shape index (κ3) is 3.15. The molecule has 0 amide bonds. The van der Waals surface area contributed by atoms with Crippen LogP contribution in [0.15, 0.2) is 18.2 Å². The highest BCUT2D eigenvalue weighted by Crippen LogP contribution is 2.22. The van der Waals surface area contributed by atoms with Crippen LogP contribution in [0, 0.1) is 12.8 Å². The molecule has 1 aromatic carbocycles. The zero-order chi connectivity index (χ0) is 11.4. The second kappa shape index (κ2) is 5.06. The number of nitrogens with one attached hydrogen (secondary N) is 1. The van der Waals surface area contributed by atoms with Gasteiger partial charge in [0, 0.05) is 11.7 Å². The fraction of sp³-hybridized carbons (Fsp3) is 0.538. The Labute approximate surface area is 92.6 Å². The lowest BCUT2D eigenvalue weighted by molar-refractivity contribution is 0.414. The minimum Gasteiger partial charge on any atom is -0.497 e. The Morgan fingerprint density at radius 3 is 2.33 bits per heavy atom. The van der Waals surface area contributed by atoms with Crippen molar-refractivity contribution < 1.29 is 4.74 Å². The minimum atomic E-state index is 0.483. The van der Waals surface area contributed by atoms with Crippen molar-refractivity contribution in [3.63, 3.8) is 0 Å². The lowest BCUT2D eigenvalue weighted by Gasteiger charge is -2.20. The van der Waals surface area contributed by atoms with Crippen molar-refractivity contribution in [2.24, 2.45) is 5.92 Å². The number of aryl methyl sites for hydroxylation is 1. The molecule has 0 aliphatic carbocycles. The molecule has 0 unspecified atom stereocenters. The van der Waals surface area contributed by atoms with Gasteiger partial charge in [-0.05, 0) is 43.5 Å². The largest absolute Gasteiger partial charge is 0.497 e. The Morgan fingerprint density at radius 2 is 1.87 bits per heavy atom. The number of methoxy groups -OCH3 is 1. The van der Waals surface area contributed by atoms with Crippen LogP contribution in [0.5, 0.6) is 5.75 Å². The highest BCUT2D eigenvalue weighted by Gasteiger charge is 2.08. The fourth-order valence-electron chi connectivity index (χ4n) is 1.34. The molecule has 0 saturated carbocycles. The van der Waals surface area contributed by atoms with Gasteiger partial charge in [-0.1, -0.05) is 13.8 Å². The van der Waals surface area contributed by atoms with Gasteiger partial charge in [-0.3, -0.25) is 0 Å². The van der Waals surface area contributed by atoms with E-state index in [1.165, 1.54) is 11.3 Å². The number of hydrogen-bond donors (Lipinski definition) is 1. The molecule has 0 radical (unpaired) electrons. The normalized spacial score (nSPS) is 12.7. The molecule has 84 valence electrons. The summed E-state index contributed by atoms with van der Waals surface area (Å²) in [7, 11) is 1.69. The maximum Gasteiger partial charge on any atom is 0.119 e. The highest BCUT2D eigenvalue weighted by molar-refractivity contribution is 5.54. The van der Waals surface area contributed by atoms with E-state index in [4.69, 9.17) is 4.74 Å². The maximum absolute atomic E-state index is 5.17. The van der Waals surface area contributed by atoms with Crippen molar-refractivity contribution in [3.8, 4) is 5.75 Å². The van der Waals surface area contributed by atoms with Crippen molar-refractivity contribution in [2.45, 2.75) is 33.7 Å². The van der Waals surface area contributed by atoms with Crippen molar-refractivity contribution in [3.05, 3.63) is 23.8 Å². The third-order valence-electron chi connectivity index (χ3n) is 2.82. The van der Waals surface area contributed by atoms with Gasteiger partial charge in [0.25, 0.3) is 0 Å². The Hall–Kier alpha value is -1.18. The summed E-state index contributed by atoms with van der Waals surface area (Å²) in [5.41, 5.74) is 2.42. The number of ether oxygens (including phenoxy) is 1. The van der Waals surface area contributed by atoms with E-state index in [2.05, 4.69) is 45.1 Å². The van der Waals surface area contributed by atoms with Crippen LogP contribution in [-0.2, 0) is 0 Å². The zero-order valence-electron chi connectivity index (χ0n) is 10.3. The first-order valence-corrected chi connectivity index (χ1v) is 5.45. The molecule has 0 fully saturated rings. The summed E-state index contributed by atoms with van der Waals surface area (Å²) in [6, 6.07) is 6.60. The molecule has 1 aromatic rings. The molecule has 15 heavy (non-hydrogen) atoms. The predicted molar refractivity (Wildman–Crippen MR) is 65.7 cm³/mol. The molecule has 1 N–H and O–H groups in total. The standard InChI is InChI=1S/C13H21NO/c1-9(2)11(4)14-13-7-6-12(15-5)8-10(13)3/h6-9,11,14H,1-5H3/t11-/m1/s1. The monoisotopic (exact) mass is 207 g/mol. The number of rotatable bonds is 4. The van der Waals surface area contributed by atoms with Gasteiger partial charge < -0.3 is 10.1 Å². The van der Waals surface area contributed by atoms with Crippen molar-refractivity contribution in [1.82, 2.24) is 0 Å². The predicted octanol–water partition coefficient (Wildman–Crippen LogP) is 3.46. The summed E-state index contributed by atoms with van der Waals surface area (Å²) in [5, 5.41) is 3.51. The molecule has 1 rings (SSSR count). The van der Waals surface area contributed by atoms with Gasteiger partial charge in [0.2, 0.25) is 0 Å². The summed E-state index contributed by atoms with van der Waals surface area (Å²) in [6.07, 6.45) is 0. The molecule has 0 aliphatic heterocycles. The highest BCUT2D eigenvalue weighted by atomic mass is 16.5. The van der Waals surface area contributed by atoms with Crippen LogP contribution < -0.4 is 10.1 Å². The van der Waals surface area contributed by atoms with Gasteiger partial charge >= 0.3 is 0 Å². The molecule has 0 saturated heterocycles. The van der Waals surface area contributed by atoms with E-state index >= 15 is 0 Å². The van der Waals surface area contributed by atoms with Gasteiger partial charge in [-0.25, -0.2) is 0 Å². The molecule has 0 spiro atoms. The number of hydrogen-bond acceptors (Lipinski definition) is 2. The van der Waals surface area contributed by atoms with Gasteiger partial charge in [-0.2, -0.15) is 0 Å². The molecule has 0 aromatic heterocycles. The van der Waals surface area contributed by atoms with Gasteiger partial charge in [-0.15, -0.1) is 0 Å². The topological polar surface area (TPSA) is 21.3 Å². The van der Waals surface area contributed by atoms with Gasteiger partial charge in [0.15, 0.2) is 0 Å². The molecule has 1 atom stereocenters. The van der Waals surface area contributed by atoms with Crippen molar-refractivity contribution in [1.29, 1.82) is 0 Å². The van der Waals surface area contributed by atoms with E-state index in [9.17, 15) is 0 Å². The molecular formula is C13H21NO. The van der Waals surface area contributed by atoms with E-state index in [1.54, 1.807) is 7.11 Å². The number of anilines is 1. The Bertz CT molecular complexity index is 320. The van der Waals surface area contributed by atoms with Crippen LogP contribution in [0.3, 0.4) is 0 Å². The maximum atomic E-state index is 5.17.